The fourth-order valence-electron chi connectivity index (χ4n) is 3.23. The van der Waals surface area contributed by atoms with Crippen molar-refractivity contribution in [2.75, 3.05) is 30.9 Å². The zero-order valence-corrected chi connectivity index (χ0v) is 19.7. The van der Waals surface area contributed by atoms with Crippen molar-refractivity contribution < 1.29 is 27.4 Å². The largest absolute Gasteiger partial charge is 0.494 e. The lowest BCUT2D eigenvalue weighted by molar-refractivity contribution is 0.102. The van der Waals surface area contributed by atoms with Crippen LogP contribution in [0.2, 0.25) is 0 Å². The molecule has 1 amide bonds. The van der Waals surface area contributed by atoms with Crippen LogP contribution < -0.4 is 24.2 Å². The van der Waals surface area contributed by atoms with Crippen LogP contribution in [0.25, 0.3) is 0 Å². The van der Waals surface area contributed by atoms with Gasteiger partial charge in [0.1, 0.15) is 5.75 Å². The van der Waals surface area contributed by atoms with Gasteiger partial charge in [-0.15, -0.1) is 0 Å². The van der Waals surface area contributed by atoms with Crippen LogP contribution in [0.15, 0.2) is 65.6 Å². The standard InChI is InChI=1S/C24H26N2O6S/c1-5-32-19-13-11-17(12-14-19)26-33(28,29)22-15-18(10-9-16(22)2)25-24(27)20-7-6-8-21(30-3)23(20)31-4/h6-15,26H,5H2,1-4H3,(H,25,27). The number of carbonyl (C=O) groups excluding carboxylic acids is 1. The van der Waals surface area contributed by atoms with E-state index in [0.29, 0.717) is 35.0 Å². The SMILES string of the molecule is CCOc1ccc(NS(=O)(=O)c2cc(NC(=O)c3cccc(OC)c3OC)ccc2C)cc1. The lowest BCUT2D eigenvalue weighted by atomic mass is 10.1. The normalized spacial score (nSPS) is 10.9. The zero-order chi connectivity index (χ0) is 24.0. The lowest BCUT2D eigenvalue weighted by Gasteiger charge is -2.15. The summed E-state index contributed by atoms with van der Waals surface area (Å²) >= 11 is 0. The van der Waals surface area contributed by atoms with Gasteiger partial charge in [-0.1, -0.05) is 12.1 Å². The molecular weight excluding hydrogens is 444 g/mol. The van der Waals surface area contributed by atoms with Crippen LogP contribution >= 0.6 is 0 Å². The number of ether oxygens (including phenoxy) is 3. The monoisotopic (exact) mass is 470 g/mol. The zero-order valence-electron chi connectivity index (χ0n) is 18.8. The molecule has 0 aliphatic rings. The molecule has 0 saturated heterocycles. The van der Waals surface area contributed by atoms with Crippen molar-refractivity contribution in [2.24, 2.45) is 0 Å². The summed E-state index contributed by atoms with van der Waals surface area (Å²) in [6.45, 7) is 4.07. The van der Waals surface area contributed by atoms with Crippen LogP contribution in [0, 0.1) is 6.92 Å². The van der Waals surface area contributed by atoms with E-state index in [1.807, 2.05) is 6.92 Å². The Morgan fingerprint density at radius 3 is 2.27 bits per heavy atom. The number of hydrogen-bond acceptors (Lipinski definition) is 6. The molecule has 8 nitrogen and oxygen atoms in total. The summed E-state index contributed by atoms with van der Waals surface area (Å²) in [5.41, 5.74) is 1.51. The van der Waals surface area contributed by atoms with Crippen molar-refractivity contribution >= 4 is 27.3 Å². The second kappa shape index (κ2) is 10.3. The van der Waals surface area contributed by atoms with Crippen LogP contribution in [-0.2, 0) is 10.0 Å². The Balaban J connectivity index is 1.85. The van der Waals surface area contributed by atoms with E-state index in [9.17, 15) is 13.2 Å². The molecule has 0 heterocycles. The Labute approximate surface area is 193 Å². The molecule has 0 atom stereocenters. The summed E-state index contributed by atoms with van der Waals surface area (Å²) < 4.78 is 44.6. The van der Waals surface area contributed by atoms with Crippen molar-refractivity contribution in [3.8, 4) is 17.2 Å². The molecule has 3 aromatic rings. The van der Waals surface area contributed by atoms with Crippen LogP contribution in [0.3, 0.4) is 0 Å². The maximum absolute atomic E-state index is 13.0. The van der Waals surface area contributed by atoms with Crippen molar-refractivity contribution in [1.82, 2.24) is 0 Å². The molecule has 0 fully saturated rings. The summed E-state index contributed by atoms with van der Waals surface area (Å²) in [6.07, 6.45) is 0. The first-order valence-corrected chi connectivity index (χ1v) is 11.7. The molecule has 2 N–H and O–H groups in total. The van der Waals surface area contributed by atoms with E-state index in [4.69, 9.17) is 14.2 Å². The van der Waals surface area contributed by atoms with Crippen LogP contribution in [0.1, 0.15) is 22.8 Å². The van der Waals surface area contributed by atoms with Crippen molar-refractivity contribution in [2.45, 2.75) is 18.7 Å². The summed E-state index contributed by atoms with van der Waals surface area (Å²) in [5, 5.41) is 2.73. The minimum atomic E-state index is -3.90. The summed E-state index contributed by atoms with van der Waals surface area (Å²) in [4.78, 5) is 12.9. The second-order valence-corrected chi connectivity index (χ2v) is 8.69. The molecule has 0 aromatic heterocycles. The van der Waals surface area contributed by atoms with Gasteiger partial charge < -0.3 is 19.5 Å². The third-order valence-electron chi connectivity index (χ3n) is 4.80. The highest BCUT2D eigenvalue weighted by Gasteiger charge is 2.20. The van der Waals surface area contributed by atoms with Crippen molar-refractivity contribution in [3.05, 3.63) is 71.8 Å². The van der Waals surface area contributed by atoms with E-state index in [1.165, 1.54) is 20.3 Å². The van der Waals surface area contributed by atoms with Gasteiger partial charge in [0.2, 0.25) is 0 Å². The molecule has 3 rings (SSSR count). The molecular formula is C24H26N2O6S. The smallest absolute Gasteiger partial charge is 0.262 e. The number of anilines is 2. The van der Waals surface area contributed by atoms with Crippen LogP contribution in [-0.4, -0.2) is 35.2 Å². The van der Waals surface area contributed by atoms with E-state index >= 15 is 0 Å². The molecule has 0 aliphatic carbocycles. The molecule has 174 valence electrons. The van der Waals surface area contributed by atoms with E-state index in [0.717, 1.165) is 0 Å². The Bertz CT molecular complexity index is 1240. The molecule has 0 bridgehead atoms. The average Bonchev–Trinajstić information content (AvgIpc) is 2.80. The van der Waals surface area contributed by atoms with Gasteiger partial charge in [-0.25, -0.2) is 8.42 Å². The van der Waals surface area contributed by atoms with Gasteiger partial charge in [-0.3, -0.25) is 9.52 Å². The van der Waals surface area contributed by atoms with Gasteiger partial charge in [-0.05, 0) is 67.9 Å². The molecule has 0 aliphatic heterocycles. The van der Waals surface area contributed by atoms with Crippen LogP contribution in [0.5, 0.6) is 17.2 Å². The average molecular weight is 471 g/mol. The quantitative estimate of drug-likeness (QED) is 0.479. The first-order valence-electron chi connectivity index (χ1n) is 10.2. The predicted molar refractivity (Wildman–Crippen MR) is 127 cm³/mol. The van der Waals surface area contributed by atoms with Gasteiger partial charge in [-0.2, -0.15) is 0 Å². The highest BCUT2D eigenvalue weighted by Crippen LogP contribution is 2.31. The number of hydrogen-bond donors (Lipinski definition) is 2. The minimum Gasteiger partial charge on any atom is -0.494 e. The Kier molecular flexibility index (Phi) is 7.44. The number of nitrogens with one attached hydrogen (secondary N) is 2. The number of aryl methyl sites for hydroxylation is 1. The predicted octanol–water partition coefficient (Wildman–Crippen LogP) is 4.46. The minimum absolute atomic E-state index is 0.0480. The number of sulfonamides is 1. The number of carbonyl (C=O) groups is 1. The molecule has 0 radical (unpaired) electrons. The number of methoxy groups -OCH3 is 2. The Morgan fingerprint density at radius 2 is 1.64 bits per heavy atom. The second-order valence-electron chi connectivity index (χ2n) is 7.04. The first-order chi connectivity index (χ1) is 15.8. The number of rotatable bonds is 9. The topological polar surface area (TPSA) is 103 Å². The molecule has 0 saturated carbocycles. The highest BCUT2D eigenvalue weighted by molar-refractivity contribution is 7.92. The van der Waals surface area contributed by atoms with Crippen molar-refractivity contribution in [3.63, 3.8) is 0 Å². The van der Waals surface area contributed by atoms with Gasteiger partial charge in [0.15, 0.2) is 11.5 Å². The Hall–Kier alpha value is -3.72. The lowest BCUT2D eigenvalue weighted by Crippen LogP contribution is -2.16. The van der Waals surface area contributed by atoms with Gasteiger partial charge in [0.25, 0.3) is 15.9 Å². The number of benzene rings is 3. The molecule has 33 heavy (non-hydrogen) atoms. The number of para-hydroxylation sites is 1. The number of amides is 1. The highest BCUT2D eigenvalue weighted by atomic mass is 32.2. The third kappa shape index (κ3) is 5.56. The summed E-state index contributed by atoms with van der Waals surface area (Å²) in [7, 11) is -0.980. The molecule has 0 spiro atoms. The third-order valence-corrected chi connectivity index (χ3v) is 6.32. The fraction of sp³-hybridized carbons (Fsp3) is 0.208. The van der Waals surface area contributed by atoms with E-state index in [2.05, 4.69) is 10.0 Å². The fourth-order valence-corrected chi connectivity index (χ4v) is 4.56. The van der Waals surface area contributed by atoms with E-state index in [-0.39, 0.29) is 16.2 Å². The van der Waals surface area contributed by atoms with Gasteiger partial charge in [0, 0.05) is 11.4 Å². The van der Waals surface area contributed by atoms with E-state index in [1.54, 1.807) is 61.5 Å². The van der Waals surface area contributed by atoms with Gasteiger partial charge >= 0.3 is 0 Å². The van der Waals surface area contributed by atoms with Crippen molar-refractivity contribution in [1.29, 1.82) is 0 Å². The van der Waals surface area contributed by atoms with E-state index < -0.39 is 15.9 Å². The van der Waals surface area contributed by atoms with Gasteiger partial charge in [0.05, 0.1) is 31.3 Å². The molecule has 0 unspecified atom stereocenters. The summed E-state index contributed by atoms with van der Waals surface area (Å²) in [6, 6.07) is 16.2. The maximum atomic E-state index is 13.0. The molecule has 9 heteroatoms. The summed E-state index contributed by atoms with van der Waals surface area (Å²) in [5.74, 6) is 0.887. The molecule has 3 aromatic carbocycles. The maximum Gasteiger partial charge on any atom is 0.262 e. The Morgan fingerprint density at radius 1 is 0.939 bits per heavy atom. The first kappa shape index (κ1) is 23.9. The van der Waals surface area contributed by atoms with Crippen LogP contribution in [0.4, 0.5) is 11.4 Å².